The molecule has 0 spiro atoms. The Bertz CT molecular complexity index is 1670. The van der Waals surface area contributed by atoms with Crippen LogP contribution in [0, 0.1) is 5.82 Å². The van der Waals surface area contributed by atoms with E-state index < -0.39 is 29.1 Å². The molecule has 0 saturated carbocycles. The standard InChI is InChI=1S/C22H19FN6O6/c1-27-10-11(6-26-27)12-4-13-15(5-17(12)34-3)25-8-16-19(13)29(21(30)28(16)2)20-14(23)7-24-9-18(20)35-22(31,32)33/h4-10,31-33H,1-3H3. The summed E-state index contributed by atoms with van der Waals surface area (Å²) in [5, 5.41) is 32.6. The number of ether oxygens (including phenoxy) is 2. The zero-order valence-corrected chi connectivity index (χ0v) is 18.7. The average molecular weight is 482 g/mol. The third-order valence-corrected chi connectivity index (χ3v) is 5.53. The van der Waals surface area contributed by atoms with Gasteiger partial charge in [-0.1, -0.05) is 0 Å². The number of methoxy groups -OCH3 is 1. The minimum absolute atomic E-state index is 0.254. The molecular weight excluding hydrogens is 463 g/mol. The SMILES string of the molecule is COc1cc2ncc3c(c2cc1-c1cnn(C)c1)n(-c1c(F)cncc1OC(O)(O)O)c(=O)n3C. The molecule has 4 heterocycles. The lowest BCUT2D eigenvalue weighted by Gasteiger charge is -2.18. The second kappa shape index (κ2) is 7.87. The number of hydrogen-bond donors (Lipinski definition) is 3. The van der Waals surface area contributed by atoms with Crippen LogP contribution in [-0.2, 0) is 14.1 Å². The summed E-state index contributed by atoms with van der Waals surface area (Å²) in [6, 6.07) is 3.42. The van der Waals surface area contributed by atoms with Crippen molar-refractivity contribution in [3.63, 3.8) is 0 Å². The van der Waals surface area contributed by atoms with Gasteiger partial charge in [0.25, 0.3) is 0 Å². The fourth-order valence-corrected chi connectivity index (χ4v) is 4.04. The van der Waals surface area contributed by atoms with E-state index in [9.17, 15) is 20.1 Å². The first-order valence-corrected chi connectivity index (χ1v) is 10.2. The van der Waals surface area contributed by atoms with Crippen molar-refractivity contribution in [1.82, 2.24) is 28.9 Å². The highest BCUT2D eigenvalue weighted by Crippen LogP contribution is 2.37. The van der Waals surface area contributed by atoms with Crippen LogP contribution >= 0.6 is 0 Å². The molecule has 1 aromatic carbocycles. The van der Waals surface area contributed by atoms with E-state index in [0.717, 1.165) is 22.5 Å². The number of aliphatic hydroxyl groups is 3. The molecule has 35 heavy (non-hydrogen) atoms. The van der Waals surface area contributed by atoms with E-state index in [-0.39, 0.29) is 5.52 Å². The minimum atomic E-state index is -3.64. The molecule has 0 unspecified atom stereocenters. The quantitative estimate of drug-likeness (QED) is 0.309. The molecule has 0 atom stereocenters. The van der Waals surface area contributed by atoms with Gasteiger partial charge < -0.3 is 24.8 Å². The van der Waals surface area contributed by atoms with Crippen LogP contribution in [0.15, 0.2) is 47.9 Å². The highest BCUT2D eigenvalue weighted by Gasteiger charge is 2.28. The van der Waals surface area contributed by atoms with E-state index in [1.54, 1.807) is 36.3 Å². The van der Waals surface area contributed by atoms with Crippen molar-refractivity contribution in [1.29, 1.82) is 0 Å². The molecule has 0 saturated heterocycles. The van der Waals surface area contributed by atoms with E-state index in [0.29, 0.717) is 27.7 Å². The van der Waals surface area contributed by atoms with E-state index in [4.69, 9.17) is 4.74 Å². The van der Waals surface area contributed by atoms with Crippen molar-refractivity contribution in [3.05, 3.63) is 59.4 Å². The first kappa shape index (κ1) is 22.5. The Kier molecular flexibility index (Phi) is 5.05. The van der Waals surface area contributed by atoms with Gasteiger partial charge in [-0.15, -0.1) is 0 Å². The third-order valence-electron chi connectivity index (χ3n) is 5.53. The zero-order chi connectivity index (χ0) is 25.1. The van der Waals surface area contributed by atoms with E-state index >= 15 is 4.39 Å². The summed E-state index contributed by atoms with van der Waals surface area (Å²) in [4.78, 5) is 21.4. The molecule has 5 aromatic rings. The predicted octanol–water partition coefficient (Wildman–Crippen LogP) is 0.788. The van der Waals surface area contributed by atoms with Crippen molar-refractivity contribution in [2.75, 3.05) is 7.11 Å². The topological polar surface area (TPSA) is 150 Å². The first-order valence-electron chi connectivity index (χ1n) is 10.2. The molecule has 180 valence electrons. The van der Waals surface area contributed by atoms with Gasteiger partial charge in [-0.2, -0.15) is 5.10 Å². The second-order valence-electron chi connectivity index (χ2n) is 7.79. The van der Waals surface area contributed by atoms with E-state index in [1.165, 1.54) is 24.9 Å². The Morgan fingerprint density at radius 3 is 2.49 bits per heavy atom. The van der Waals surface area contributed by atoms with Gasteiger partial charge in [0.15, 0.2) is 11.6 Å². The number of hydrogen-bond acceptors (Lipinski definition) is 9. The van der Waals surface area contributed by atoms with Crippen LogP contribution in [0.25, 0.3) is 38.8 Å². The van der Waals surface area contributed by atoms with Crippen molar-refractivity contribution < 1.29 is 29.2 Å². The number of halogens is 1. The summed E-state index contributed by atoms with van der Waals surface area (Å²) >= 11 is 0. The van der Waals surface area contributed by atoms with E-state index in [2.05, 4.69) is 19.8 Å². The monoisotopic (exact) mass is 482 g/mol. The highest BCUT2D eigenvalue weighted by molar-refractivity contribution is 6.05. The molecule has 0 fully saturated rings. The van der Waals surface area contributed by atoms with Crippen molar-refractivity contribution in [2.24, 2.45) is 14.1 Å². The number of nitrogens with zero attached hydrogens (tertiary/aromatic N) is 6. The highest BCUT2D eigenvalue weighted by atomic mass is 19.1. The molecule has 0 aliphatic rings. The lowest BCUT2D eigenvalue weighted by atomic mass is 10.0. The molecule has 0 radical (unpaired) electrons. The molecule has 13 heteroatoms. The summed E-state index contributed by atoms with van der Waals surface area (Å²) in [5.41, 5.74) is 1.28. The van der Waals surface area contributed by atoms with Crippen LogP contribution in [0.2, 0.25) is 0 Å². The van der Waals surface area contributed by atoms with E-state index in [1.807, 2.05) is 0 Å². The number of benzene rings is 1. The van der Waals surface area contributed by atoms with Crippen LogP contribution in [0.5, 0.6) is 11.5 Å². The third kappa shape index (κ3) is 3.67. The Balaban J connectivity index is 1.92. The van der Waals surface area contributed by atoms with Gasteiger partial charge in [0.2, 0.25) is 0 Å². The van der Waals surface area contributed by atoms with Gasteiger partial charge in [0.1, 0.15) is 11.4 Å². The van der Waals surface area contributed by atoms with Crippen molar-refractivity contribution >= 4 is 21.9 Å². The lowest BCUT2D eigenvalue weighted by molar-refractivity contribution is -0.419. The van der Waals surface area contributed by atoms with Gasteiger partial charge >= 0.3 is 11.8 Å². The van der Waals surface area contributed by atoms with Crippen LogP contribution in [-0.4, -0.2) is 57.5 Å². The molecule has 0 bridgehead atoms. The Hall–Kier alpha value is -4.33. The largest absolute Gasteiger partial charge is 0.496 e. The van der Waals surface area contributed by atoms with Crippen molar-refractivity contribution in [2.45, 2.75) is 6.16 Å². The molecule has 5 rings (SSSR count). The number of aryl methyl sites for hydroxylation is 2. The van der Waals surface area contributed by atoms with Gasteiger partial charge in [-0.3, -0.25) is 23.8 Å². The van der Waals surface area contributed by atoms with Crippen LogP contribution in [0.3, 0.4) is 0 Å². The lowest BCUT2D eigenvalue weighted by Crippen LogP contribution is -2.35. The second-order valence-corrected chi connectivity index (χ2v) is 7.79. The minimum Gasteiger partial charge on any atom is -0.496 e. The number of aromatic nitrogens is 6. The number of rotatable bonds is 5. The zero-order valence-electron chi connectivity index (χ0n) is 18.7. The maximum absolute atomic E-state index is 15.1. The first-order chi connectivity index (χ1) is 16.6. The van der Waals surface area contributed by atoms with Crippen LogP contribution < -0.4 is 15.2 Å². The van der Waals surface area contributed by atoms with Gasteiger partial charge in [0.05, 0.1) is 48.4 Å². The smallest absolute Gasteiger partial charge is 0.453 e. The fourth-order valence-electron chi connectivity index (χ4n) is 4.04. The summed E-state index contributed by atoms with van der Waals surface area (Å²) in [7, 11) is 4.76. The van der Waals surface area contributed by atoms with Crippen LogP contribution in [0.1, 0.15) is 0 Å². The maximum atomic E-state index is 15.1. The summed E-state index contributed by atoms with van der Waals surface area (Å²) < 4.78 is 29.2. The van der Waals surface area contributed by atoms with Gasteiger partial charge in [0, 0.05) is 42.9 Å². The predicted molar refractivity (Wildman–Crippen MR) is 120 cm³/mol. The molecule has 12 nitrogen and oxygen atoms in total. The summed E-state index contributed by atoms with van der Waals surface area (Å²) in [6.45, 7) is 0. The number of imidazole rings is 1. The molecule has 0 amide bonds. The molecular formula is C22H19FN6O6. The Labute approximate surface area is 195 Å². The number of fused-ring (bicyclic) bond motifs is 3. The Morgan fingerprint density at radius 1 is 1.06 bits per heavy atom. The molecule has 3 N–H and O–H groups in total. The van der Waals surface area contributed by atoms with Crippen molar-refractivity contribution in [3.8, 4) is 28.3 Å². The maximum Gasteiger partial charge on any atom is 0.453 e. The number of pyridine rings is 2. The average Bonchev–Trinajstić information content (AvgIpc) is 3.34. The van der Waals surface area contributed by atoms with Crippen LogP contribution in [0.4, 0.5) is 4.39 Å². The molecule has 0 aliphatic carbocycles. The fraction of sp³-hybridized carbons (Fsp3) is 0.182. The molecule has 0 aliphatic heterocycles. The molecule has 4 aromatic heterocycles. The van der Waals surface area contributed by atoms with Gasteiger partial charge in [-0.25, -0.2) is 9.18 Å². The van der Waals surface area contributed by atoms with Gasteiger partial charge in [-0.05, 0) is 6.07 Å². The summed E-state index contributed by atoms with van der Waals surface area (Å²) in [6.07, 6.45) is 3.01. The normalized spacial score (nSPS) is 12.0. The summed E-state index contributed by atoms with van der Waals surface area (Å²) in [5.74, 6) is -1.09. The Morgan fingerprint density at radius 2 is 1.83 bits per heavy atom.